The van der Waals surface area contributed by atoms with Gasteiger partial charge in [0.25, 0.3) is 0 Å². The summed E-state index contributed by atoms with van der Waals surface area (Å²) in [6.45, 7) is -0.0843. The molecule has 5 rings (SSSR count). The van der Waals surface area contributed by atoms with Gasteiger partial charge in [0.2, 0.25) is 5.91 Å². The second-order valence-corrected chi connectivity index (χ2v) is 9.19. The second kappa shape index (κ2) is 10.7. The molecule has 2 aromatic carbocycles. The Balaban J connectivity index is 1.60. The lowest BCUT2D eigenvalue weighted by atomic mass is 10.0. The number of thiocarbonyl (C=S) groups is 1. The summed E-state index contributed by atoms with van der Waals surface area (Å²) in [5.74, 6) is -0.653. The molecule has 1 saturated heterocycles. The number of benzene rings is 2. The Morgan fingerprint density at radius 1 is 1.16 bits per heavy atom. The monoisotopic (exact) mass is 535 g/mol. The highest BCUT2D eigenvalue weighted by atomic mass is 35.5. The van der Waals surface area contributed by atoms with Gasteiger partial charge in [-0.3, -0.25) is 9.78 Å². The summed E-state index contributed by atoms with van der Waals surface area (Å²) in [5, 5.41) is 6.93. The summed E-state index contributed by atoms with van der Waals surface area (Å²) in [4.78, 5) is 18.5. The number of ether oxygens (including phenoxy) is 1. The first-order valence-electron chi connectivity index (χ1n) is 11.5. The zero-order valence-electron chi connectivity index (χ0n) is 19.8. The van der Waals surface area contributed by atoms with Crippen molar-refractivity contribution in [2.75, 3.05) is 23.9 Å². The number of para-hydroxylation sites is 1. The summed E-state index contributed by atoms with van der Waals surface area (Å²) < 4.78 is 21.5. The van der Waals surface area contributed by atoms with Crippen molar-refractivity contribution in [3.63, 3.8) is 0 Å². The van der Waals surface area contributed by atoms with Crippen LogP contribution in [0.2, 0.25) is 5.02 Å². The highest BCUT2D eigenvalue weighted by Gasteiger charge is 2.42. The van der Waals surface area contributed by atoms with Gasteiger partial charge in [0, 0.05) is 30.9 Å². The molecule has 37 heavy (non-hydrogen) atoms. The molecule has 3 heterocycles. The van der Waals surface area contributed by atoms with E-state index in [1.807, 2.05) is 52.1 Å². The molecule has 0 aliphatic carbocycles. The third-order valence-corrected chi connectivity index (χ3v) is 6.70. The summed E-state index contributed by atoms with van der Waals surface area (Å²) in [7, 11) is 1.45. The Morgan fingerprint density at radius 3 is 2.70 bits per heavy atom. The number of pyridine rings is 1. The zero-order valence-corrected chi connectivity index (χ0v) is 21.3. The van der Waals surface area contributed by atoms with Crippen LogP contribution in [0.4, 0.5) is 15.8 Å². The van der Waals surface area contributed by atoms with Crippen LogP contribution in [0.3, 0.4) is 0 Å². The van der Waals surface area contributed by atoms with Crippen LogP contribution in [-0.4, -0.2) is 34.3 Å². The first kappa shape index (κ1) is 24.9. The maximum atomic E-state index is 14.8. The van der Waals surface area contributed by atoms with Crippen molar-refractivity contribution in [3.05, 3.63) is 107 Å². The first-order valence-corrected chi connectivity index (χ1v) is 12.3. The highest BCUT2D eigenvalue weighted by molar-refractivity contribution is 7.80. The number of carbonyl (C=O) groups excluding carboxylic acids is 1. The van der Waals surface area contributed by atoms with Crippen LogP contribution in [0, 0.1) is 5.82 Å². The Hall–Kier alpha value is -3.79. The van der Waals surface area contributed by atoms with E-state index in [1.165, 1.54) is 13.2 Å². The van der Waals surface area contributed by atoms with Crippen LogP contribution in [0.5, 0.6) is 0 Å². The number of methoxy groups -OCH3 is 1. The van der Waals surface area contributed by atoms with Gasteiger partial charge in [-0.25, -0.2) is 4.39 Å². The van der Waals surface area contributed by atoms with Gasteiger partial charge in [-0.15, -0.1) is 0 Å². The number of hydrogen-bond acceptors (Lipinski definition) is 4. The van der Waals surface area contributed by atoms with Gasteiger partial charge >= 0.3 is 0 Å². The predicted molar refractivity (Wildman–Crippen MR) is 146 cm³/mol. The van der Waals surface area contributed by atoms with E-state index in [1.54, 1.807) is 36.5 Å². The third kappa shape index (κ3) is 4.93. The van der Waals surface area contributed by atoms with Gasteiger partial charge in [0.05, 0.1) is 28.1 Å². The molecule has 1 fully saturated rings. The summed E-state index contributed by atoms with van der Waals surface area (Å²) in [5.41, 5.74) is 3.18. The number of nitrogens with one attached hydrogen (secondary N) is 2. The Kier molecular flexibility index (Phi) is 7.18. The number of aromatic nitrogens is 2. The molecule has 2 N–H and O–H groups in total. The van der Waals surface area contributed by atoms with Gasteiger partial charge in [0.15, 0.2) is 5.11 Å². The fourth-order valence-corrected chi connectivity index (χ4v) is 5.08. The van der Waals surface area contributed by atoms with E-state index >= 15 is 0 Å². The van der Waals surface area contributed by atoms with Crippen LogP contribution in [0.15, 0.2) is 85.2 Å². The van der Waals surface area contributed by atoms with E-state index in [4.69, 9.17) is 28.6 Å². The molecule has 0 spiro atoms. The van der Waals surface area contributed by atoms with Crippen molar-refractivity contribution >= 4 is 46.2 Å². The number of hydrogen-bond donors (Lipinski definition) is 2. The molecule has 1 aliphatic rings. The SMILES string of the molecule is COCC(=O)Nc1ccc(N2C(=S)N[C@@H](c3ccccn3)[C@@H]2c2cccn2-c2ccccc2F)cc1Cl. The zero-order chi connectivity index (χ0) is 25.9. The second-order valence-electron chi connectivity index (χ2n) is 8.40. The van der Waals surface area contributed by atoms with Crippen molar-refractivity contribution in [2.45, 2.75) is 12.1 Å². The highest BCUT2D eigenvalue weighted by Crippen LogP contribution is 2.43. The van der Waals surface area contributed by atoms with E-state index in [0.717, 1.165) is 11.4 Å². The minimum atomic E-state index is -0.387. The first-order chi connectivity index (χ1) is 18.0. The molecular formula is C27H23ClFN5O2S. The van der Waals surface area contributed by atoms with E-state index in [-0.39, 0.29) is 30.4 Å². The lowest BCUT2D eigenvalue weighted by Crippen LogP contribution is -2.30. The molecule has 0 saturated carbocycles. The van der Waals surface area contributed by atoms with Crippen molar-refractivity contribution in [1.29, 1.82) is 0 Å². The average Bonchev–Trinajstić information content (AvgIpc) is 3.50. The van der Waals surface area contributed by atoms with Gasteiger partial charge in [-0.1, -0.05) is 29.8 Å². The van der Waals surface area contributed by atoms with E-state index in [2.05, 4.69) is 15.6 Å². The number of halogens is 2. The standard InChI is InChI=1S/C27H23ClFN5O2S/c1-36-16-24(35)31-20-12-11-17(15-18(20)28)34-26(25(32-27(34)37)21-8-4-5-13-30-21)23-10-6-14-33(23)22-9-3-2-7-19(22)29/h2-15,25-26H,16H2,1H3,(H,31,35)(H,32,37)/t25-,26-/m0/s1. The maximum Gasteiger partial charge on any atom is 0.250 e. The third-order valence-electron chi connectivity index (χ3n) is 6.07. The van der Waals surface area contributed by atoms with Crippen molar-refractivity contribution < 1.29 is 13.9 Å². The molecule has 7 nitrogen and oxygen atoms in total. The van der Waals surface area contributed by atoms with E-state index in [0.29, 0.717) is 27.2 Å². The quantitative estimate of drug-likeness (QED) is 0.308. The molecule has 1 aliphatic heterocycles. The molecule has 2 aromatic heterocycles. The fraction of sp³-hybridized carbons (Fsp3) is 0.148. The predicted octanol–water partition coefficient (Wildman–Crippen LogP) is 5.43. The fourth-order valence-electron chi connectivity index (χ4n) is 4.51. The van der Waals surface area contributed by atoms with E-state index < -0.39 is 0 Å². The smallest absolute Gasteiger partial charge is 0.250 e. The normalized spacial score (nSPS) is 17.1. The van der Waals surface area contributed by atoms with Gasteiger partial charge in [-0.2, -0.15) is 0 Å². The Morgan fingerprint density at radius 2 is 1.97 bits per heavy atom. The van der Waals surface area contributed by atoms with Gasteiger partial charge < -0.3 is 24.8 Å². The molecule has 0 bridgehead atoms. The lowest BCUT2D eigenvalue weighted by Gasteiger charge is -2.29. The Bertz CT molecular complexity index is 1450. The number of anilines is 2. The number of amides is 1. The Labute approximate surface area is 223 Å². The lowest BCUT2D eigenvalue weighted by molar-refractivity contribution is -0.119. The molecule has 1 amide bonds. The number of nitrogens with zero attached hydrogens (tertiary/aromatic N) is 3. The van der Waals surface area contributed by atoms with Crippen LogP contribution >= 0.6 is 23.8 Å². The van der Waals surface area contributed by atoms with Crippen molar-refractivity contribution in [2.24, 2.45) is 0 Å². The summed E-state index contributed by atoms with van der Waals surface area (Å²) in [6.07, 6.45) is 3.55. The maximum absolute atomic E-state index is 14.8. The molecular weight excluding hydrogens is 513 g/mol. The van der Waals surface area contributed by atoms with Crippen LogP contribution in [-0.2, 0) is 9.53 Å². The topological polar surface area (TPSA) is 71.4 Å². The van der Waals surface area contributed by atoms with Crippen LogP contribution in [0.1, 0.15) is 23.5 Å². The minimum absolute atomic E-state index is 0.0843. The molecule has 0 unspecified atom stereocenters. The largest absolute Gasteiger partial charge is 0.375 e. The molecule has 4 aromatic rings. The minimum Gasteiger partial charge on any atom is -0.375 e. The number of rotatable bonds is 7. The summed E-state index contributed by atoms with van der Waals surface area (Å²) >= 11 is 12.4. The van der Waals surface area contributed by atoms with Crippen molar-refractivity contribution in [3.8, 4) is 5.69 Å². The van der Waals surface area contributed by atoms with E-state index in [9.17, 15) is 9.18 Å². The van der Waals surface area contributed by atoms with Gasteiger partial charge in [0.1, 0.15) is 18.5 Å². The molecule has 0 radical (unpaired) electrons. The molecule has 10 heteroatoms. The van der Waals surface area contributed by atoms with Crippen LogP contribution < -0.4 is 15.5 Å². The van der Waals surface area contributed by atoms with Crippen LogP contribution in [0.25, 0.3) is 5.69 Å². The average molecular weight is 536 g/mol. The molecule has 2 atom stereocenters. The van der Waals surface area contributed by atoms with Gasteiger partial charge in [-0.05, 0) is 66.8 Å². The summed E-state index contributed by atoms with van der Waals surface area (Å²) in [6, 6.07) is 20.7. The molecule has 188 valence electrons. The number of carbonyl (C=O) groups is 1. The van der Waals surface area contributed by atoms with Crippen molar-refractivity contribution in [1.82, 2.24) is 14.9 Å².